The fourth-order valence-corrected chi connectivity index (χ4v) is 6.58. The summed E-state index contributed by atoms with van der Waals surface area (Å²) in [6, 6.07) is 14.2. The number of aromatic nitrogens is 6. The number of carbonyl (C=O) groups is 3. The molecule has 0 bridgehead atoms. The summed E-state index contributed by atoms with van der Waals surface area (Å²) < 4.78 is 55.8. The molecule has 7 N–H and O–H groups in total. The number of nitrogens with one attached hydrogen (secondary N) is 4. The van der Waals surface area contributed by atoms with Crippen LogP contribution in [-0.4, -0.2) is 71.5 Å². The smallest absolute Gasteiger partial charge is 0.411 e. The van der Waals surface area contributed by atoms with Gasteiger partial charge in [0.25, 0.3) is 0 Å². The molecule has 1 aliphatic carbocycles. The third-order valence-corrected chi connectivity index (χ3v) is 9.97. The summed E-state index contributed by atoms with van der Waals surface area (Å²) in [5, 5.41) is 19.5. The largest absolute Gasteiger partial charge is 0.477 e. The maximum Gasteiger partial charge on any atom is 0.411 e. The number of carboxylic acids is 1. The van der Waals surface area contributed by atoms with E-state index in [1.165, 1.54) is 24.3 Å². The molecule has 3 aromatic heterocycles. The maximum absolute atomic E-state index is 14.2. The van der Waals surface area contributed by atoms with Crippen molar-refractivity contribution in [3.05, 3.63) is 77.5 Å². The molecule has 290 valence electrons. The van der Waals surface area contributed by atoms with Crippen LogP contribution in [0.1, 0.15) is 68.4 Å². The lowest BCUT2D eigenvalue weighted by atomic mass is 9.81. The van der Waals surface area contributed by atoms with E-state index in [-0.39, 0.29) is 35.4 Å². The number of anilines is 1. The number of hydrogen-bond acceptors (Lipinski definition) is 8. The lowest BCUT2D eigenvalue weighted by Crippen LogP contribution is -2.48. The van der Waals surface area contributed by atoms with Crippen LogP contribution in [-0.2, 0) is 26.7 Å². The van der Waals surface area contributed by atoms with Gasteiger partial charge in [0.05, 0.1) is 5.52 Å². The molecule has 0 unspecified atom stereocenters. The van der Waals surface area contributed by atoms with E-state index in [2.05, 4.69) is 49.5 Å². The minimum atomic E-state index is -5.43. The van der Waals surface area contributed by atoms with Gasteiger partial charge < -0.3 is 26.5 Å². The zero-order chi connectivity index (χ0) is 39.7. The number of aromatic amines is 2. The van der Waals surface area contributed by atoms with Gasteiger partial charge in [-0.05, 0) is 86.5 Å². The lowest BCUT2D eigenvalue weighted by molar-refractivity contribution is -0.231. The number of carbonyl (C=O) groups excluding carboxylic acids is 2. The van der Waals surface area contributed by atoms with Gasteiger partial charge in [0.1, 0.15) is 11.9 Å². The van der Waals surface area contributed by atoms with E-state index in [4.69, 9.17) is 10.8 Å². The number of aryl methyl sites for hydroxylation is 1. The van der Waals surface area contributed by atoms with E-state index in [9.17, 15) is 31.9 Å². The molecule has 0 radical (unpaired) electrons. The van der Waals surface area contributed by atoms with Gasteiger partial charge in [0.15, 0.2) is 11.5 Å². The normalized spacial score (nSPS) is 17.0. The Morgan fingerprint density at radius 2 is 1.60 bits per heavy atom. The third-order valence-electron chi connectivity index (χ3n) is 9.97. The van der Waals surface area contributed by atoms with Crippen LogP contribution in [0.25, 0.3) is 33.7 Å². The number of amides is 2. The first-order valence-electron chi connectivity index (χ1n) is 17.9. The second kappa shape index (κ2) is 15.6. The Morgan fingerprint density at radius 3 is 2.22 bits per heavy atom. The molecule has 0 spiro atoms. The highest BCUT2D eigenvalue weighted by Crippen LogP contribution is 2.42. The van der Waals surface area contributed by atoms with Crippen molar-refractivity contribution in [2.24, 2.45) is 17.6 Å². The second-order valence-corrected chi connectivity index (χ2v) is 14.2. The predicted molar refractivity (Wildman–Crippen MR) is 195 cm³/mol. The topological polar surface area (TPSA) is 205 Å². The van der Waals surface area contributed by atoms with Crippen molar-refractivity contribution in [3.63, 3.8) is 0 Å². The molecule has 1 saturated carbocycles. The van der Waals surface area contributed by atoms with Crippen LogP contribution in [0, 0.1) is 18.8 Å². The summed E-state index contributed by atoms with van der Waals surface area (Å²) in [7, 11) is 0. The molecule has 1 aliphatic rings. The molecule has 1 atom stereocenters. The van der Waals surface area contributed by atoms with Crippen molar-refractivity contribution >= 4 is 34.6 Å². The number of aliphatic carboxylic acids is 1. The summed E-state index contributed by atoms with van der Waals surface area (Å²) in [5.41, 5.74) is 11.1. The molecule has 3 heterocycles. The molecule has 5 aromatic rings. The molecule has 13 nitrogen and oxygen atoms in total. The van der Waals surface area contributed by atoms with E-state index in [1.54, 1.807) is 5.10 Å². The highest BCUT2D eigenvalue weighted by Gasteiger charge is 2.65. The molecular weight excluding hydrogens is 722 g/mol. The SMILES string of the molecule is Cc1nc2nc(C(C)C)[nH]c2cc1-c1ccc(C[C@H](NC(=O)C2CCC(CN)CC2)C(=O)Nc2ccc(-c3n[nH]c(C(F)(F)C(F)(F)C(=O)O)n3)cc2)cc1. The van der Waals surface area contributed by atoms with Gasteiger partial charge in [-0.2, -0.15) is 22.7 Å². The first kappa shape index (κ1) is 39.0. The Hall–Kier alpha value is -5.71. The van der Waals surface area contributed by atoms with Crippen LogP contribution in [0.4, 0.5) is 23.2 Å². The molecule has 1 fully saturated rings. The molecule has 55 heavy (non-hydrogen) atoms. The van der Waals surface area contributed by atoms with E-state index in [0.29, 0.717) is 31.0 Å². The minimum absolute atomic E-state index is 0.116. The molecule has 2 amide bonds. The van der Waals surface area contributed by atoms with Gasteiger partial charge in [-0.15, -0.1) is 0 Å². The number of nitrogens with zero attached hydrogens (tertiary/aromatic N) is 4. The summed E-state index contributed by atoms with van der Waals surface area (Å²) in [4.78, 5) is 54.0. The van der Waals surface area contributed by atoms with Crippen molar-refractivity contribution in [2.45, 2.75) is 76.7 Å². The van der Waals surface area contributed by atoms with Crippen LogP contribution in [0.5, 0.6) is 0 Å². The van der Waals surface area contributed by atoms with E-state index >= 15 is 0 Å². The Morgan fingerprint density at radius 1 is 0.945 bits per heavy atom. The Balaban J connectivity index is 1.19. The average molecular weight is 764 g/mol. The number of nitrogens with two attached hydrogens (primary N) is 1. The standard InChI is InChI=1S/C38H41F4N9O4/c1-19(2)30-46-28-17-27(20(3)44-32(28)48-30)23-8-4-21(5-9-23)16-29(47-33(52)25-10-6-22(18-43)7-11-25)34(53)45-26-14-12-24(13-15-26)31-49-35(51-50-31)37(39,40)38(41,42)36(54)55/h4-5,8-9,12-15,17,19,22,25,29H,6-7,10-11,16,18,43H2,1-3H3,(H,45,53)(H,47,52)(H,54,55)(H,44,46,48)(H,49,50,51)/t22?,25?,29-/m0/s1. The highest BCUT2D eigenvalue weighted by molar-refractivity contribution is 5.98. The maximum atomic E-state index is 14.2. The van der Waals surface area contributed by atoms with Gasteiger partial charge >= 0.3 is 17.8 Å². The first-order valence-corrected chi connectivity index (χ1v) is 17.9. The van der Waals surface area contributed by atoms with E-state index in [0.717, 1.165) is 46.6 Å². The quantitative estimate of drug-likeness (QED) is 0.0768. The van der Waals surface area contributed by atoms with Crippen molar-refractivity contribution < 1.29 is 37.1 Å². The van der Waals surface area contributed by atoms with Crippen molar-refractivity contribution in [2.75, 3.05) is 11.9 Å². The van der Waals surface area contributed by atoms with Crippen LogP contribution < -0.4 is 16.4 Å². The number of imidazole rings is 1. The fourth-order valence-electron chi connectivity index (χ4n) is 6.58. The van der Waals surface area contributed by atoms with Gasteiger partial charge in [-0.25, -0.2) is 19.7 Å². The molecule has 17 heteroatoms. The van der Waals surface area contributed by atoms with Gasteiger partial charge in [-0.1, -0.05) is 38.1 Å². The molecule has 6 rings (SSSR count). The third kappa shape index (κ3) is 8.21. The van der Waals surface area contributed by atoms with Crippen LogP contribution >= 0.6 is 0 Å². The number of H-pyrrole nitrogens is 2. The average Bonchev–Trinajstić information content (AvgIpc) is 3.83. The summed E-state index contributed by atoms with van der Waals surface area (Å²) in [6.07, 6.45) is 3.13. The fraction of sp³-hybridized carbons (Fsp3) is 0.395. The van der Waals surface area contributed by atoms with Crippen LogP contribution in [0.3, 0.4) is 0 Å². The molecule has 0 saturated heterocycles. The van der Waals surface area contributed by atoms with E-state index in [1.807, 2.05) is 37.3 Å². The number of carboxylic acid groups (broad SMARTS) is 1. The zero-order valence-corrected chi connectivity index (χ0v) is 30.3. The predicted octanol–water partition coefficient (Wildman–Crippen LogP) is 6.08. The highest BCUT2D eigenvalue weighted by atomic mass is 19.3. The van der Waals surface area contributed by atoms with Crippen LogP contribution in [0.15, 0.2) is 54.6 Å². The number of rotatable bonds is 13. The minimum Gasteiger partial charge on any atom is -0.477 e. The summed E-state index contributed by atoms with van der Waals surface area (Å²) in [6.45, 7) is 6.58. The summed E-state index contributed by atoms with van der Waals surface area (Å²) >= 11 is 0. The Labute approximate surface area is 312 Å². The number of pyridine rings is 1. The summed E-state index contributed by atoms with van der Waals surface area (Å²) in [5.74, 6) is -15.2. The number of alkyl halides is 4. The number of fused-ring (bicyclic) bond motifs is 1. The Bertz CT molecular complexity index is 2180. The molecule has 2 aromatic carbocycles. The number of hydrogen-bond donors (Lipinski definition) is 6. The van der Waals surface area contributed by atoms with Crippen molar-refractivity contribution in [1.29, 1.82) is 0 Å². The first-order chi connectivity index (χ1) is 26.1. The number of benzene rings is 2. The van der Waals surface area contributed by atoms with Crippen LogP contribution in [0.2, 0.25) is 0 Å². The molecular formula is C38H41F4N9O4. The van der Waals surface area contributed by atoms with Gasteiger partial charge in [0.2, 0.25) is 17.6 Å². The monoisotopic (exact) mass is 763 g/mol. The molecule has 0 aliphatic heterocycles. The van der Waals surface area contributed by atoms with Gasteiger partial charge in [-0.3, -0.25) is 14.7 Å². The van der Waals surface area contributed by atoms with Crippen molar-refractivity contribution in [1.82, 2.24) is 35.5 Å². The lowest BCUT2D eigenvalue weighted by Gasteiger charge is -2.28. The Kier molecular flexibility index (Phi) is 11.0. The van der Waals surface area contributed by atoms with E-state index < -0.39 is 41.4 Å². The van der Waals surface area contributed by atoms with Crippen molar-refractivity contribution in [3.8, 4) is 22.5 Å². The number of halogens is 4. The second-order valence-electron chi connectivity index (χ2n) is 14.2. The zero-order valence-electron chi connectivity index (χ0n) is 30.3. The van der Waals surface area contributed by atoms with Gasteiger partial charge in [0, 0.05) is 40.8 Å².